The van der Waals surface area contributed by atoms with Gasteiger partial charge in [0.15, 0.2) is 5.82 Å². The fraction of sp³-hybridized carbons (Fsp3) is 0.105. The van der Waals surface area contributed by atoms with E-state index in [9.17, 15) is 9.59 Å². The normalized spacial score (nSPS) is 10.3. The van der Waals surface area contributed by atoms with Crippen LogP contribution in [0.5, 0.6) is 5.75 Å². The Morgan fingerprint density at radius 3 is 2.15 bits per heavy atom. The molecule has 0 fully saturated rings. The number of carbonyl (C=O) groups excluding carboxylic acids is 2. The van der Waals surface area contributed by atoms with E-state index in [0.717, 1.165) is 0 Å². The molecule has 2 amide bonds. The molecule has 0 spiro atoms. The number of halogens is 1. The number of rotatable bonds is 5. The SMILES string of the molecule is COc1ccc(NC(=O)c2ccc(C(=O)Nc3cc(C)on3)cc2)cc1Cl. The minimum absolute atomic E-state index is 0.324. The van der Waals surface area contributed by atoms with Gasteiger partial charge in [0.2, 0.25) is 0 Å². The second-order valence-electron chi connectivity index (χ2n) is 5.66. The Kier molecular flexibility index (Phi) is 5.42. The van der Waals surface area contributed by atoms with Gasteiger partial charge in [-0.3, -0.25) is 9.59 Å². The van der Waals surface area contributed by atoms with E-state index in [-0.39, 0.29) is 11.8 Å². The van der Waals surface area contributed by atoms with E-state index in [0.29, 0.717) is 39.2 Å². The summed E-state index contributed by atoms with van der Waals surface area (Å²) in [4.78, 5) is 24.5. The summed E-state index contributed by atoms with van der Waals surface area (Å²) in [7, 11) is 1.51. The van der Waals surface area contributed by atoms with Gasteiger partial charge < -0.3 is 19.9 Å². The molecule has 0 aliphatic rings. The van der Waals surface area contributed by atoms with Crippen molar-refractivity contribution in [3.05, 3.63) is 70.4 Å². The van der Waals surface area contributed by atoms with Crippen LogP contribution in [0.15, 0.2) is 53.1 Å². The second kappa shape index (κ2) is 7.92. The fourth-order valence-corrected chi connectivity index (χ4v) is 2.59. The van der Waals surface area contributed by atoms with Gasteiger partial charge in [-0.1, -0.05) is 16.8 Å². The molecule has 0 aliphatic heterocycles. The van der Waals surface area contributed by atoms with E-state index in [1.165, 1.54) is 7.11 Å². The Hall–Kier alpha value is -3.32. The molecule has 0 saturated heterocycles. The quantitative estimate of drug-likeness (QED) is 0.688. The van der Waals surface area contributed by atoms with Crippen LogP contribution in [0.3, 0.4) is 0 Å². The molecule has 3 rings (SSSR count). The smallest absolute Gasteiger partial charge is 0.256 e. The van der Waals surface area contributed by atoms with Crippen LogP contribution in [-0.2, 0) is 0 Å². The highest BCUT2D eigenvalue weighted by Crippen LogP contribution is 2.27. The molecule has 0 atom stereocenters. The molecule has 138 valence electrons. The number of hydrogen-bond donors (Lipinski definition) is 2. The summed E-state index contributed by atoms with van der Waals surface area (Å²) in [5.41, 5.74) is 1.32. The third-order valence-electron chi connectivity index (χ3n) is 3.69. The van der Waals surface area contributed by atoms with Crippen molar-refractivity contribution in [1.29, 1.82) is 0 Å². The number of aryl methyl sites for hydroxylation is 1. The van der Waals surface area contributed by atoms with Gasteiger partial charge in [-0.2, -0.15) is 0 Å². The standard InChI is InChI=1S/C19H16ClN3O4/c1-11-9-17(23-27-11)22-19(25)13-5-3-12(4-6-13)18(24)21-14-7-8-16(26-2)15(20)10-14/h3-10H,1-2H3,(H,21,24)(H,22,23,25). The first-order chi connectivity index (χ1) is 13.0. The zero-order valence-electron chi connectivity index (χ0n) is 14.6. The Labute approximate surface area is 160 Å². The molecule has 0 saturated carbocycles. The van der Waals surface area contributed by atoms with E-state index in [4.69, 9.17) is 20.9 Å². The van der Waals surface area contributed by atoms with Crippen molar-refractivity contribution in [3.8, 4) is 5.75 Å². The van der Waals surface area contributed by atoms with E-state index >= 15 is 0 Å². The Morgan fingerprint density at radius 2 is 1.63 bits per heavy atom. The van der Waals surface area contributed by atoms with Crippen LogP contribution in [0.2, 0.25) is 5.02 Å². The molecular weight excluding hydrogens is 370 g/mol. The molecule has 0 unspecified atom stereocenters. The predicted octanol–water partition coefficient (Wildman–Crippen LogP) is 4.15. The molecule has 8 heteroatoms. The molecule has 1 heterocycles. The molecule has 0 bridgehead atoms. The maximum Gasteiger partial charge on any atom is 0.256 e. The van der Waals surface area contributed by atoms with Crippen LogP contribution in [0.1, 0.15) is 26.5 Å². The van der Waals surface area contributed by atoms with Crippen LogP contribution >= 0.6 is 11.6 Å². The monoisotopic (exact) mass is 385 g/mol. The summed E-state index contributed by atoms with van der Waals surface area (Å²) in [5.74, 6) is 0.770. The average Bonchev–Trinajstić information content (AvgIpc) is 3.06. The van der Waals surface area contributed by atoms with Crippen molar-refractivity contribution in [2.75, 3.05) is 17.7 Å². The number of anilines is 2. The van der Waals surface area contributed by atoms with Gasteiger partial charge in [0.1, 0.15) is 11.5 Å². The maximum atomic E-state index is 12.3. The lowest BCUT2D eigenvalue weighted by molar-refractivity contribution is 0.101. The van der Waals surface area contributed by atoms with Gasteiger partial charge >= 0.3 is 0 Å². The molecule has 2 aromatic carbocycles. The van der Waals surface area contributed by atoms with Gasteiger partial charge in [-0.25, -0.2) is 0 Å². The topological polar surface area (TPSA) is 93.5 Å². The highest BCUT2D eigenvalue weighted by atomic mass is 35.5. The maximum absolute atomic E-state index is 12.3. The van der Waals surface area contributed by atoms with Crippen LogP contribution < -0.4 is 15.4 Å². The van der Waals surface area contributed by atoms with Crippen molar-refractivity contribution >= 4 is 34.9 Å². The van der Waals surface area contributed by atoms with Crippen LogP contribution in [-0.4, -0.2) is 24.1 Å². The third-order valence-corrected chi connectivity index (χ3v) is 3.98. The van der Waals surface area contributed by atoms with Crippen molar-refractivity contribution in [2.45, 2.75) is 6.92 Å². The minimum Gasteiger partial charge on any atom is -0.495 e. The lowest BCUT2D eigenvalue weighted by Gasteiger charge is -2.08. The van der Waals surface area contributed by atoms with Crippen molar-refractivity contribution in [2.24, 2.45) is 0 Å². The van der Waals surface area contributed by atoms with Crippen molar-refractivity contribution < 1.29 is 18.8 Å². The van der Waals surface area contributed by atoms with E-state index in [1.807, 2.05) is 0 Å². The number of hydrogen-bond acceptors (Lipinski definition) is 5. The van der Waals surface area contributed by atoms with Crippen molar-refractivity contribution in [3.63, 3.8) is 0 Å². The highest BCUT2D eigenvalue weighted by molar-refractivity contribution is 6.32. The Balaban J connectivity index is 1.66. The number of benzene rings is 2. The first kappa shape index (κ1) is 18.5. The average molecular weight is 386 g/mol. The lowest BCUT2D eigenvalue weighted by atomic mass is 10.1. The number of carbonyl (C=O) groups is 2. The molecule has 0 aliphatic carbocycles. The summed E-state index contributed by atoms with van der Waals surface area (Å²) in [5, 5.41) is 9.45. The summed E-state index contributed by atoms with van der Waals surface area (Å²) in [6.45, 7) is 1.73. The number of amides is 2. The first-order valence-electron chi connectivity index (χ1n) is 7.96. The van der Waals surface area contributed by atoms with Gasteiger partial charge in [-0.05, 0) is 49.4 Å². The number of methoxy groups -OCH3 is 1. The van der Waals surface area contributed by atoms with Gasteiger partial charge in [-0.15, -0.1) is 0 Å². The molecule has 3 aromatic rings. The molecule has 27 heavy (non-hydrogen) atoms. The molecular formula is C19H16ClN3O4. The number of ether oxygens (including phenoxy) is 1. The van der Waals surface area contributed by atoms with Crippen LogP contribution in [0, 0.1) is 6.92 Å². The molecule has 1 aromatic heterocycles. The summed E-state index contributed by atoms with van der Waals surface area (Å²) in [6, 6.07) is 12.8. The number of nitrogens with one attached hydrogen (secondary N) is 2. The van der Waals surface area contributed by atoms with Gasteiger partial charge in [0, 0.05) is 22.9 Å². The fourth-order valence-electron chi connectivity index (χ4n) is 2.33. The lowest BCUT2D eigenvalue weighted by Crippen LogP contribution is -2.14. The van der Waals surface area contributed by atoms with E-state index < -0.39 is 0 Å². The molecule has 0 radical (unpaired) electrons. The minimum atomic E-state index is -0.350. The second-order valence-corrected chi connectivity index (χ2v) is 6.06. The van der Waals surface area contributed by atoms with Crippen molar-refractivity contribution in [1.82, 2.24) is 5.16 Å². The third kappa shape index (κ3) is 4.45. The van der Waals surface area contributed by atoms with Crippen LogP contribution in [0.4, 0.5) is 11.5 Å². The number of aromatic nitrogens is 1. The van der Waals surface area contributed by atoms with Gasteiger partial charge in [0.25, 0.3) is 11.8 Å². The summed E-state index contributed by atoms with van der Waals surface area (Å²) in [6.07, 6.45) is 0. The summed E-state index contributed by atoms with van der Waals surface area (Å²) >= 11 is 6.05. The van der Waals surface area contributed by atoms with Crippen LogP contribution in [0.25, 0.3) is 0 Å². The van der Waals surface area contributed by atoms with Gasteiger partial charge in [0.05, 0.1) is 12.1 Å². The summed E-state index contributed by atoms with van der Waals surface area (Å²) < 4.78 is 9.97. The van der Waals surface area contributed by atoms with E-state index in [1.54, 1.807) is 55.5 Å². The zero-order chi connectivity index (χ0) is 19.4. The number of nitrogens with zero attached hydrogens (tertiary/aromatic N) is 1. The first-order valence-corrected chi connectivity index (χ1v) is 8.33. The van der Waals surface area contributed by atoms with E-state index in [2.05, 4.69) is 15.8 Å². The predicted molar refractivity (Wildman–Crippen MR) is 102 cm³/mol. The molecule has 7 nitrogen and oxygen atoms in total. The molecule has 2 N–H and O–H groups in total. The zero-order valence-corrected chi connectivity index (χ0v) is 15.3. The Bertz CT molecular complexity index is 983. The Morgan fingerprint density at radius 1 is 1.00 bits per heavy atom. The highest BCUT2D eigenvalue weighted by Gasteiger charge is 2.12. The largest absolute Gasteiger partial charge is 0.495 e.